The Balaban J connectivity index is 1.36. The van der Waals surface area contributed by atoms with Gasteiger partial charge in [0.15, 0.2) is 0 Å². The van der Waals surface area contributed by atoms with Crippen LogP contribution >= 0.6 is 0 Å². The Bertz CT molecular complexity index is 812. The number of aliphatic hydroxyl groups is 1. The SMILES string of the molecule is COc1ccc(CN2CCC[C@@H](c3cc(C(=O)N4CCC(O)CC4)on3)C2)cc1. The number of hydrogen-bond donors (Lipinski definition) is 1. The van der Waals surface area contributed by atoms with Crippen molar-refractivity contribution in [3.8, 4) is 5.75 Å². The van der Waals surface area contributed by atoms with E-state index in [1.165, 1.54) is 5.56 Å². The molecule has 2 saturated heterocycles. The summed E-state index contributed by atoms with van der Waals surface area (Å²) < 4.78 is 10.6. The number of likely N-dealkylation sites (tertiary alicyclic amines) is 2. The lowest BCUT2D eigenvalue weighted by molar-refractivity contribution is 0.0512. The van der Waals surface area contributed by atoms with E-state index in [9.17, 15) is 9.90 Å². The van der Waals surface area contributed by atoms with Gasteiger partial charge in [-0.15, -0.1) is 0 Å². The number of piperidine rings is 2. The molecule has 1 aromatic carbocycles. The minimum Gasteiger partial charge on any atom is -0.497 e. The third-order valence-corrected chi connectivity index (χ3v) is 5.98. The fourth-order valence-corrected chi connectivity index (χ4v) is 4.24. The van der Waals surface area contributed by atoms with Gasteiger partial charge in [-0.05, 0) is 49.9 Å². The smallest absolute Gasteiger partial charge is 0.292 e. The Hall–Kier alpha value is -2.38. The third kappa shape index (κ3) is 4.79. The molecule has 0 unspecified atom stereocenters. The minimum atomic E-state index is -0.303. The molecule has 2 aliphatic rings. The van der Waals surface area contributed by atoms with Crippen LogP contribution in [0.15, 0.2) is 34.9 Å². The number of ether oxygens (including phenoxy) is 1. The van der Waals surface area contributed by atoms with Crippen LogP contribution in [-0.2, 0) is 6.54 Å². The van der Waals surface area contributed by atoms with Gasteiger partial charge in [-0.1, -0.05) is 17.3 Å². The van der Waals surface area contributed by atoms with Crippen molar-refractivity contribution in [1.29, 1.82) is 0 Å². The summed E-state index contributed by atoms with van der Waals surface area (Å²) >= 11 is 0. The first-order valence-electron chi connectivity index (χ1n) is 10.4. The Morgan fingerprint density at radius 3 is 2.69 bits per heavy atom. The van der Waals surface area contributed by atoms with Crippen molar-refractivity contribution in [2.24, 2.45) is 0 Å². The van der Waals surface area contributed by atoms with Gasteiger partial charge in [-0.25, -0.2) is 0 Å². The highest BCUT2D eigenvalue weighted by Gasteiger charge is 2.28. The van der Waals surface area contributed by atoms with Crippen LogP contribution in [0.2, 0.25) is 0 Å². The first-order valence-corrected chi connectivity index (χ1v) is 10.4. The van der Waals surface area contributed by atoms with Gasteiger partial charge >= 0.3 is 0 Å². The molecule has 2 aromatic rings. The third-order valence-electron chi connectivity index (χ3n) is 5.98. The van der Waals surface area contributed by atoms with Gasteiger partial charge in [0.05, 0.1) is 18.9 Å². The van der Waals surface area contributed by atoms with E-state index in [0.29, 0.717) is 31.7 Å². The summed E-state index contributed by atoms with van der Waals surface area (Å²) in [5.74, 6) is 1.33. The molecule has 0 radical (unpaired) electrons. The lowest BCUT2D eigenvalue weighted by atomic mass is 9.94. The van der Waals surface area contributed by atoms with Crippen LogP contribution in [-0.4, -0.2) is 65.4 Å². The number of amides is 1. The summed E-state index contributed by atoms with van der Waals surface area (Å²) in [6, 6.07) is 10.0. The van der Waals surface area contributed by atoms with Crippen LogP contribution in [0.5, 0.6) is 5.75 Å². The van der Waals surface area contributed by atoms with Crippen molar-refractivity contribution in [1.82, 2.24) is 15.0 Å². The fraction of sp³-hybridized carbons (Fsp3) is 0.545. The zero-order valence-electron chi connectivity index (χ0n) is 16.9. The van der Waals surface area contributed by atoms with E-state index in [4.69, 9.17) is 9.26 Å². The van der Waals surface area contributed by atoms with Crippen LogP contribution in [0, 0.1) is 0 Å². The lowest BCUT2D eigenvalue weighted by Gasteiger charge is -2.31. The quantitative estimate of drug-likeness (QED) is 0.833. The van der Waals surface area contributed by atoms with Gasteiger partial charge in [0.25, 0.3) is 5.91 Å². The van der Waals surface area contributed by atoms with Gasteiger partial charge in [0.1, 0.15) is 5.75 Å². The molecule has 4 rings (SSSR count). The van der Waals surface area contributed by atoms with Crippen LogP contribution in [0.25, 0.3) is 0 Å². The number of hydrogen-bond acceptors (Lipinski definition) is 6. The largest absolute Gasteiger partial charge is 0.497 e. The van der Waals surface area contributed by atoms with Gasteiger partial charge in [-0.3, -0.25) is 9.69 Å². The van der Waals surface area contributed by atoms with Crippen LogP contribution in [0.4, 0.5) is 0 Å². The molecule has 29 heavy (non-hydrogen) atoms. The number of methoxy groups -OCH3 is 1. The Morgan fingerprint density at radius 2 is 1.97 bits per heavy atom. The Labute approximate surface area is 171 Å². The number of aromatic nitrogens is 1. The van der Waals surface area contributed by atoms with E-state index < -0.39 is 0 Å². The highest BCUT2D eigenvalue weighted by Crippen LogP contribution is 2.28. The molecule has 0 aliphatic carbocycles. The number of aliphatic hydroxyl groups excluding tert-OH is 1. The van der Waals surface area contributed by atoms with Crippen molar-refractivity contribution < 1.29 is 19.2 Å². The van der Waals surface area contributed by atoms with Gasteiger partial charge in [0.2, 0.25) is 5.76 Å². The molecule has 7 heteroatoms. The normalized spacial score (nSPS) is 21.3. The summed E-state index contributed by atoms with van der Waals surface area (Å²) in [4.78, 5) is 16.8. The lowest BCUT2D eigenvalue weighted by Crippen LogP contribution is -2.39. The minimum absolute atomic E-state index is 0.124. The maximum Gasteiger partial charge on any atom is 0.292 e. The van der Waals surface area contributed by atoms with E-state index in [1.54, 1.807) is 12.0 Å². The molecule has 1 N–H and O–H groups in total. The molecule has 0 spiro atoms. The molecule has 3 heterocycles. The Kier molecular flexibility index (Phi) is 6.16. The highest BCUT2D eigenvalue weighted by atomic mass is 16.5. The van der Waals surface area contributed by atoms with E-state index in [-0.39, 0.29) is 17.9 Å². The predicted octanol–water partition coefficient (Wildman–Crippen LogP) is 2.66. The van der Waals surface area contributed by atoms with Crippen molar-refractivity contribution in [3.05, 3.63) is 47.3 Å². The fourth-order valence-electron chi connectivity index (χ4n) is 4.24. The second kappa shape index (κ2) is 8.97. The number of nitrogens with zero attached hydrogens (tertiary/aromatic N) is 3. The van der Waals surface area contributed by atoms with Crippen LogP contribution < -0.4 is 4.74 Å². The predicted molar refractivity (Wildman–Crippen MR) is 108 cm³/mol. The Morgan fingerprint density at radius 1 is 1.21 bits per heavy atom. The van der Waals surface area contributed by atoms with Gasteiger partial charge in [0, 0.05) is 38.2 Å². The second-order valence-electron chi connectivity index (χ2n) is 8.06. The topological polar surface area (TPSA) is 79.0 Å². The van der Waals surface area contributed by atoms with Crippen molar-refractivity contribution >= 4 is 5.91 Å². The molecule has 1 amide bonds. The van der Waals surface area contributed by atoms with E-state index in [2.05, 4.69) is 22.2 Å². The summed E-state index contributed by atoms with van der Waals surface area (Å²) in [5, 5.41) is 13.8. The van der Waals surface area contributed by atoms with E-state index >= 15 is 0 Å². The highest BCUT2D eigenvalue weighted by molar-refractivity contribution is 5.91. The molecular weight excluding hydrogens is 370 g/mol. The van der Waals surface area contributed by atoms with E-state index in [0.717, 1.165) is 43.9 Å². The molecule has 7 nitrogen and oxygen atoms in total. The molecular formula is C22H29N3O4. The molecule has 0 saturated carbocycles. The molecule has 156 valence electrons. The number of rotatable bonds is 5. The maximum absolute atomic E-state index is 12.7. The zero-order valence-corrected chi connectivity index (χ0v) is 16.9. The second-order valence-corrected chi connectivity index (χ2v) is 8.06. The maximum atomic E-state index is 12.7. The molecule has 1 atom stereocenters. The van der Waals surface area contributed by atoms with E-state index in [1.807, 2.05) is 18.2 Å². The number of benzene rings is 1. The molecule has 2 fully saturated rings. The average Bonchev–Trinajstić information content (AvgIpc) is 3.25. The molecule has 1 aromatic heterocycles. The monoisotopic (exact) mass is 399 g/mol. The first kappa shape index (κ1) is 19.9. The molecule has 2 aliphatic heterocycles. The average molecular weight is 399 g/mol. The van der Waals surface area contributed by atoms with Gasteiger partial charge < -0.3 is 19.3 Å². The van der Waals surface area contributed by atoms with Crippen molar-refractivity contribution in [2.75, 3.05) is 33.3 Å². The number of carbonyl (C=O) groups excluding carboxylic acids is 1. The summed E-state index contributed by atoms with van der Waals surface area (Å²) in [6.07, 6.45) is 3.09. The first-order chi connectivity index (χ1) is 14.1. The summed E-state index contributed by atoms with van der Waals surface area (Å²) in [7, 11) is 1.68. The standard InChI is InChI=1S/C22H29N3O4/c1-28-19-6-4-16(5-7-19)14-24-10-2-3-17(15-24)20-13-21(29-23-20)22(27)25-11-8-18(26)9-12-25/h4-7,13,17-18,26H,2-3,8-12,14-15H2,1H3/t17-/m1/s1. The summed E-state index contributed by atoms with van der Waals surface area (Å²) in [5.41, 5.74) is 2.12. The van der Waals surface area contributed by atoms with Crippen LogP contribution in [0.1, 0.15) is 53.4 Å². The van der Waals surface area contributed by atoms with Crippen molar-refractivity contribution in [3.63, 3.8) is 0 Å². The van der Waals surface area contributed by atoms with Crippen LogP contribution in [0.3, 0.4) is 0 Å². The number of carbonyl (C=O) groups is 1. The van der Waals surface area contributed by atoms with Crippen molar-refractivity contribution in [2.45, 2.75) is 44.2 Å². The van der Waals surface area contributed by atoms with Gasteiger partial charge in [-0.2, -0.15) is 0 Å². The zero-order chi connectivity index (χ0) is 20.2. The summed E-state index contributed by atoms with van der Waals surface area (Å²) in [6.45, 7) is 3.98. The molecule has 0 bridgehead atoms.